The van der Waals surface area contributed by atoms with Crippen molar-refractivity contribution in [2.24, 2.45) is 34.3 Å². The van der Waals surface area contributed by atoms with Crippen LogP contribution >= 0.6 is 0 Å². The summed E-state index contributed by atoms with van der Waals surface area (Å²) < 4.78 is 0. The zero-order valence-electron chi connectivity index (χ0n) is 15.8. The molecule has 24 heavy (non-hydrogen) atoms. The normalized spacial score (nSPS) is 32.2. The molecule has 6 heteroatoms. The highest BCUT2D eigenvalue weighted by molar-refractivity contribution is 6.14. The predicted octanol–water partition coefficient (Wildman–Crippen LogP) is 0.842. The molecule has 1 aliphatic heterocycles. The number of rotatable bonds is 5. The highest BCUT2D eigenvalue weighted by Gasteiger charge is 2.75. The van der Waals surface area contributed by atoms with Crippen molar-refractivity contribution in [2.45, 2.75) is 60.0 Å². The number of carbonyl (C=O) groups excluding carboxylic acids is 3. The quantitative estimate of drug-likeness (QED) is 0.647. The fourth-order valence-corrected chi connectivity index (χ4v) is 4.18. The van der Waals surface area contributed by atoms with Gasteiger partial charge in [0.25, 0.3) is 0 Å². The van der Waals surface area contributed by atoms with Gasteiger partial charge < -0.3 is 11.1 Å². The van der Waals surface area contributed by atoms with Crippen LogP contribution in [0.3, 0.4) is 0 Å². The Bertz CT molecular complexity index is 577. The van der Waals surface area contributed by atoms with Crippen molar-refractivity contribution in [3.05, 3.63) is 0 Å². The van der Waals surface area contributed by atoms with Crippen LogP contribution in [-0.4, -0.2) is 35.7 Å². The summed E-state index contributed by atoms with van der Waals surface area (Å²) in [6.07, 6.45) is 0. The molecule has 0 spiro atoms. The van der Waals surface area contributed by atoms with Gasteiger partial charge in [0.05, 0.1) is 6.04 Å². The second-order valence-corrected chi connectivity index (χ2v) is 9.29. The van der Waals surface area contributed by atoms with Crippen LogP contribution in [0, 0.1) is 28.6 Å². The first kappa shape index (κ1) is 18.9. The van der Waals surface area contributed by atoms with E-state index in [0.29, 0.717) is 6.54 Å². The Morgan fingerprint density at radius 3 is 2.08 bits per heavy atom. The lowest BCUT2D eigenvalue weighted by Crippen LogP contribution is -2.68. The van der Waals surface area contributed by atoms with E-state index in [2.05, 4.69) is 24.5 Å². The minimum Gasteiger partial charge on any atom is -0.368 e. The minimum absolute atomic E-state index is 0.0968. The third-order valence-electron chi connectivity index (χ3n) is 5.83. The summed E-state index contributed by atoms with van der Waals surface area (Å²) in [4.78, 5) is 38.0. The van der Waals surface area contributed by atoms with Gasteiger partial charge in [-0.2, -0.15) is 0 Å². The first-order valence-electron chi connectivity index (χ1n) is 8.67. The van der Waals surface area contributed by atoms with Crippen LogP contribution in [0.1, 0.15) is 48.5 Å². The van der Waals surface area contributed by atoms with Crippen molar-refractivity contribution < 1.29 is 14.4 Å². The number of fused-ring (bicyclic) bond motifs is 1. The van der Waals surface area contributed by atoms with Gasteiger partial charge >= 0.3 is 0 Å². The maximum Gasteiger partial charge on any atom is 0.245 e. The molecule has 1 saturated carbocycles. The maximum absolute atomic E-state index is 13.5. The second kappa shape index (κ2) is 5.55. The van der Waals surface area contributed by atoms with E-state index in [1.54, 1.807) is 13.8 Å². The van der Waals surface area contributed by atoms with E-state index in [4.69, 9.17) is 5.73 Å². The number of amides is 2. The van der Waals surface area contributed by atoms with Crippen LogP contribution in [0.2, 0.25) is 0 Å². The summed E-state index contributed by atoms with van der Waals surface area (Å²) in [5.41, 5.74) is 3.69. The molecule has 1 heterocycles. The summed E-state index contributed by atoms with van der Waals surface area (Å²) in [6.45, 7) is 13.9. The van der Waals surface area contributed by atoms with E-state index in [9.17, 15) is 14.4 Å². The molecule has 136 valence electrons. The molecule has 0 aromatic carbocycles. The van der Waals surface area contributed by atoms with Crippen molar-refractivity contribution in [3.8, 4) is 0 Å². The van der Waals surface area contributed by atoms with Crippen LogP contribution in [0.15, 0.2) is 0 Å². The molecule has 2 amide bonds. The van der Waals surface area contributed by atoms with Crippen molar-refractivity contribution in [3.63, 3.8) is 0 Å². The fraction of sp³-hybridized carbons (Fsp3) is 0.833. The molecule has 0 aromatic heterocycles. The number of primary amides is 1. The molecule has 4 atom stereocenters. The van der Waals surface area contributed by atoms with E-state index >= 15 is 0 Å². The average Bonchev–Trinajstić information content (AvgIpc) is 2.83. The molecular weight excluding hydrogens is 306 g/mol. The summed E-state index contributed by atoms with van der Waals surface area (Å²) in [6, 6.07) is -0.775. The van der Waals surface area contributed by atoms with Gasteiger partial charge in [-0.3, -0.25) is 19.7 Å². The lowest BCUT2D eigenvalue weighted by atomic mass is 9.73. The Hall–Kier alpha value is -1.43. The third kappa shape index (κ3) is 2.65. The van der Waals surface area contributed by atoms with Gasteiger partial charge in [-0.15, -0.1) is 0 Å². The average molecular weight is 337 g/mol. The number of nitrogens with two attached hydrogens (primary N) is 1. The molecule has 2 aliphatic rings. The zero-order valence-corrected chi connectivity index (χ0v) is 15.8. The van der Waals surface area contributed by atoms with E-state index in [1.807, 2.05) is 20.8 Å². The standard InChI is InChI=1S/C18H31N3O3/c1-9(2)14(23)21-12(16(3,4)5)13(22)18(15(19)24)11-10(8-20-18)17(11,6)7/h9-12,20H,8H2,1-7H3,(H2,19,24)(H,21,23)/t10?,11-,12?,18?/m0/s1. The predicted molar refractivity (Wildman–Crippen MR) is 91.9 cm³/mol. The summed E-state index contributed by atoms with van der Waals surface area (Å²) in [5, 5.41) is 5.95. The number of hydrogen-bond acceptors (Lipinski definition) is 4. The van der Waals surface area contributed by atoms with E-state index in [-0.39, 0.29) is 34.9 Å². The van der Waals surface area contributed by atoms with Crippen molar-refractivity contribution >= 4 is 17.6 Å². The first-order chi connectivity index (χ1) is 10.8. The molecule has 0 radical (unpaired) electrons. The van der Waals surface area contributed by atoms with Crippen LogP contribution in [0.5, 0.6) is 0 Å². The molecule has 3 unspecified atom stereocenters. The number of Topliss-reactive ketones (excluding diaryl/α,β-unsaturated/α-hetero) is 1. The number of nitrogens with one attached hydrogen (secondary N) is 2. The van der Waals surface area contributed by atoms with E-state index < -0.39 is 22.9 Å². The van der Waals surface area contributed by atoms with Crippen LogP contribution in [-0.2, 0) is 14.4 Å². The molecular formula is C18H31N3O3. The SMILES string of the molecule is CC(C)C(=O)NC(C(=O)C1(C(N)=O)NCC2[C@H]1C2(C)C)C(C)(C)C. The smallest absolute Gasteiger partial charge is 0.245 e. The third-order valence-corrected chi connectivity index (χ3v) is 5.83. The van der Waals surface area contributed by atoms with Gasteiger partial charge in [-0.05, 0) is 16.7 Å². The van der Waals surface area contributed by atoms with Crippen molar-refractivity contribution in [1.29, 1.82) is 0 Å². The molecule has 1 aliphatic carbocycles. The first-order valence-corrected chi connectivity index (χ1v) is 8.67. The molecule has 1 saturated heterocycles. The highest BCUT2D eigenvalue weighted by atomic mass is 16.2. The van der Waals surface area contributed by atoms with Crippen LogP contribution in [0.4, 0.5) is 0 Å². The van der Waals surface area contributed by atoms with Gasteiger partial charge in [-0.25, -0.2) is 0 Å². The topological polar surface area (TPSA) is 101 Å². The van der Waals surface area contributed by atoms with E-state index in [0.717, 1.165) is 0 Å². The molecule has 4 N–H and O–H groups in total. The van der Waals surface area contributed by atoms with Crippen LogP contribution in [0.25, 0.3) is 0 Å². The fourth-order valence-electron chi connectivity index (χ4n) is 4.18. The largest absolute Gasteiger partial charge is 0.368 e. The molecule has 0 bridgehead atoms. The monoisotopic (exact) mass is 337 g/mol. The van der Waals surface area contributed by atoms with Gasteiger partial charge in [0, 0.05) is 18.4 Å². The Kier molecular flexibility index (Phi) is 4.37. The van der Waals surface area contributed by atoms with Crippen molar-refractivity contribution in [2.75, 3.05) is 6.54 Å². The Labute approximate surface area is 144 Å². The number of carbonyl (C=O) groups is 3. The summed E-state index contributed by atoms with van der Waals surface area (Å²) in [5.74, 6) is -1.25. The summed E-state index contributed by atoms with van der Waals surface area (Å²) in [7, 11) is 0. The van der Waals surface area contributed by atoms with Gasteiger partial charge in [0.2, 0.25) is 11.8 Å². The van der Waals surface area contributed by atoms with Gasteiger partial charge in [0.1, 0.15) is 0 Å². The molecule has 2 fully saturated rings. The molecule has 6 nitrogen and oxygen atoms in total. The molecule has 0 aromatic rings. The lowest BCUT2D eigenvalue weighted by molar-refractivity contribution is -0.142. The van der Waals surface area contributed by atoms with Gasteiger partial charge in [0.15, 0.2) is 11.3 Å². The second-order valence-electron chi connectivity index (χ2n) is 9.29. The number of piperidine rings is 1. The Morgan fingerprint density at radius 1 is 1.21 bits per heavy atom. The Morgan fingerprint density at radius 2 is 1.75 bits per heavy atom. The Balaban J connectivity index is 2.40. The summed E-state index contributed by atoms with van der Waals surface area (Å²) >= 11 is 0. The maximum atomic E-state index is 13.5. The van der Waals surface area contributed by atoms with Crippen molar-refractivity contribution in [1.82, 2.24) is 10.6 Å². The lowest BCUT2D eigenvalue weighted by Gasteiger charge is -2.38. The number of ketones is 1. The van der Waals surface area contributed by atoms with Crippen LogP contribution < -0.4 is 16.4 Å². The highest BCUT2D eigenvalue weighted by Crippen LogP contribution is 2.66. The minimum atomic E-state index is -1.39. The van der Waals surface area contributed by atoms with E-state index in [1.165, 1.54) is 0 Å². The van der Waals surface area contributed by atoms with Gasteiger partial charge in [-0.1, -0.05) is 48.5 Å². The molecule has 2 rings (SSSR count). The number of hydrogen-bond donors (Lipinski definition) is 3. The zero-order chi connectivity index (χ0) is 18.7.